The molecule has 0 unspecified atom stereocenters. The Balaban J connectivity index is 1.73. The van der Waals surface area contributed by atoms with Crippen LogP contribution in [0.15, 0.2) is 11.6 Å². The lowest BCUT2D eigenvalue weighted by atomic mass is 9.93. The first kappa shape index (κ1) is 12.2. The topological polar surface area (TPSA) is 44.8 Å². The van der Waals surface area contributed by atoms with Gasteiger partial charge >= 0.3 is 5.97 Å². The summed E-state index contributed by atoms with van der Waals surface area (Å²) in [5.74, 6) is -0.504. The molecule has 0 aromatic rings. The maximum Gasteiger partial charge on any atom is 0.306 e. The van der Waals surface area contributed by atoms with E-state index in [1.54, 1.807) is 0 Å². The summed E-state index contributed by atoms with van der Waals surface area (Å²) in [5.41, 5.74) is 1.20. The van der Waals surface area contributed by atoms with Crippen molar-refractivity contribution >= 4 is 5.97 Å². The Labute approximate surface area is 107 Å². The SMILES string of the molecule is CC1(C)COC(C)(C2=C[C@H]3CC(=O)O[C@H]3C2)OC1. The summed E-state index contributed by atoms with van der Waals surface area (Å²) < 4.78 is 17.1. The van der Waals surface area contributed by atoms with Crippen molar-refractivity contribution in [2.75, 3.05) is 13.2 Å². The third kappa shape index (κ3) is 1.97. The number of hydrogen-bond acceptors (Lipinski definition) is 4. The van der Waals surface area contributed by atoms with E-state index in [0.29, 0.717) is 19.6 Å². The van der Waals surface area contributed by atoms with E-state index < -0.39 is 5.79 Å². The molecule has 3 aliphatic rings. The van der Waals surface area contributed by atoms with Crippen molar-refractivity contribution in [2.45, 2.75) is 45.5 Å². The van der Waals surface area contributed by atoms with Crippen LogP contribution in [0.4, 0.5) is 0 Å². The molecule has 4 nitrogen and oxygen atoms in total. The maximum absolute atomic E-state index is 11.2. The molecule has 1 aliphatic carbocycles. The fraction of sp³-hybridized carbons (Fsp3) is 0.786. The second-order valence-corrected chi connectivity index (χ2v) is 6.48. The molecule has 2 fully saturated rings. The summed E-state index contributed by atoms with van der Waals surface area (Å²) in [4.78, 5) is 11.2. The minimum absolute atomic E-state index is 0.00598. The van der Waals surface area contributed by atoms with Gasteiger partial charge < -0.3 is 14.2 Å². The van der Waals surface area contributed by atoms with Crippen LogP contribution in [0.5, 0.6) is 0 Å². The highest BCUT2D eigenvalue weighted by Crippen LogP contribution is 2.43. The second-order valence-electron chi connectivity index (χ2n) is 6.48. The van der Waals surface area contributed by atoms with Crippen molar-refractivity contribution in [1.29, 1.82) is 0 Å². The predicted molar refractivity (Wildman–Crippen MR) is 64.8 cm³/mol. The van der Waals surface area contributed by atoms with E-state index in [0.717, 1.165) is 12.0 Å². The lowest BCUT2D eigenvalue weighted by molar-refractivity contribution is -0.269. The first-order chi connectivity index (χ1) is 8.38. The lowest BCUT2D eigenvalue weighted by Gasteiger charge is -2.42. The molecule has 0 N–H and O–H groups in total. The predicted octanol–water partition coefficient (Wildman–Crippen LogP) is 2.04. The molecule has 0 amide bonds. The molecule has 0 spiro atoms. The minimum Gasteiger partial charge on any atom is -0.461 e. The van der Waals surface area contributed by atoms with Gasteiger partial charge in [0.05, 0.1) is 19.6 Å². The molecule has 0 aromatic heterocycles. The number of fused-ring (bicyclic) bond motifs is 1. The summed E-state index contributed by atoms with van der Waals surface area (Å²) in [6.45, 7) is 7.61. The summed E-state index contributed by atoms with van der Waals surface area (Å²) >= 11 is 0. The average molecular weight is 252 g/mol. The van der Waals surface area contributed by atoms with Gasteiger partial charge in [-0.05, 0) is 12.5 Å². The van der Waals surface area contributed by atoms with Crippen molar-refractivity contribution in [3.8, 4) is 0 Å². The van der Waals surface area contributed by atoms with Crippen molar-refractivity contribution in [1.82, 2.24) is 0 Å². The van der Waals surface area contributed by atoms with E-state index in [9.17, 15) is 4.79 Å². The van der Waals surface area contributed by atoms with E-state index in [4.69, 9.17) is 14.2 Å². The monoisotopic (exact) mass is 252 g/mol. The van der Waals surface area contributed by atoms with Gasteiger partial charge in [0, 0.05) is 17.8 Å². The van der Waals surface area contributed by atoms with Crippen molar-refractivity contribution in [3.63, 3.8) is 0 Å². The van der Waals surface area contributed by atoms with Crippen LogP contribution in [-0.2, 0) is 19.0 Å². The van der Waals surface area contributed by atoms with Gasteiger partial charge in [0.1, 0.15) is 6.10 Å². The van der Waals surface area contributed by atoms with Gasteiger partial charge in [0.25, 0.3) is 0 Å². The van der Waals surface area contributed by atoms with Crippen LogP contribution < -0.4 is 0 Å². The van der Waals surface area contributed by atoms with Crippen LogP contribution in [0, 0.1) is 11.3 Å². The van der Waals surface area contributed by atoms with Gasteiger partial charge in [-0.2, -0.15) is 0 Å². The van der Waals surface area contributed by atoms with Gasteiger partial charge in [0.15, 0.2) is 5.79 Å². The van der Waals surface area contributed by atoms with E-state index in [1.165, 1.54) is 0 Å². The molecule has 18 heavy (non-hydrogen) atoms. The van der Waals surface area contributed by atoms with Crippen LogP contribution in [0.25, 0.3) is 0 Å². The fourth-order valence-electron chi connectivity index (χ4n) is 2.80. The molecule has 0 aromatic carbocycles. The second kappa shape index (κ2) is 3.81. The Morgan fingerprint density at radius 1 is 1.17 bits per heavy atom. The molecular weight excluding hydrogens is 232 g/mol. The first-order valence-corrected chi connectivity index (χ1v) is 6.57. The third-order valence-electron chi connectivity index (χ3n) is 4.06. The molecule has 3 rings (SSSR count). The number of hydrogen-bond donors (Lipinski definition) is 0. The van der Waals surface area contributed by atoms with Crippen LogP contribution in [0.1, 0.15) is 33.6 Å². The molecular formula is C14H20O4. The largest absolute Gasteiger partial charge is 0.461 e. The third-order valence-corrected chi connectivity index (χ3v) is 4.06. The van der Waals surface area contributed by atoms with Gasteiger partial charge in [-0.1, -0.05) is 19.9 Å². The van der Waals surface area contributed by atoms with Crippen molar-refractivity contribution in [3.05, 3.63) is 11.6 Å². The van der Waals surface area contributed by atoms with E-state index >= 15 is 0 Å². The van der Waals surface area contributed by atoms with Crippen molar-refractivity contribution in [2.24, 2.45) is 11.3 Å². The molecule has 2 saturated heterocycles. The van der Waals surface area contributed by atoms with Crippen LogP contribution >= 0.6 is 0 Å². The summed E-state index contributed by atoms with van der Waals surface area (Å²) in [6.07, 6.45) is 3.36. The number of carbonyl (C=O) groups excluding carboxylic acids is 1. The zero-order valence-corrected chi connectivity index (χ0v) is 11.2. The molecule has 2 heterocycles. The van der Waals surface area contributed by atoms with Crippen LogP contribution in [0.2, 0.25) is 0 Å². The molecule has 0 radical (unpaired) electrons. The summed E-state index contributed by atoms with van der Waals surface area (Å²) in [7, 11) is 0. The Morgan fingerprint density at radius 3 is 2.44 bits per heavy atom. The molecule has 2 atom stereocenters. The van der Waals surface area contributed by atoms with Crippen LogP contribution in [-0.4, -0.2) is 31.1 Å². The molecule has 4 heteroatoms. The standard InChI is InChI=1S/C14H20O4/c1-13(2)7-16-14(3,17-8-13)10-4-9-5-12(15)18-11(9)6-10/h4,9,11H,5-8H2,1-3H3/t9-,11-/m0/s1. The van der Waals surface area contributed by atoms with Gasteiger partial charge in [0.2, 0.25) is 0 Å². The Hall–Kier alpha value is -0.870. The van der Waals surface area contributed by atoms with Gasteiger partial charge in [-0.15, -0.1) is 0 Å². The van der Waals surface area contributed by atoms with Crippen LogP contribution in [0.3, 0.4) is 0 Å². The average Bonchev–Trinajstić information content (AvgIpc) is 2.80. The lowest BCUT2D eigenvalue weighted by Crippen LogP contribution is -2.46. The first-order valence-electron chi connectivity index (χ1n) is 6.57. The normalized spacial score (nSPS) is 37.1. The van der Waals surface area contributed by atoms with E-state index in [1.807, 2.05) is 6.92 Å². The summed E-state index contributed by atoms with van der Waals surface area (Å²) in [6, 6.07) is 0. The van der Waals surface area contributed by atoms with Crippen molar-refractivity contribution < 1.29 is 19.0 Å². The number of carbonyl (C=O) groups is 1. The maximum atomic E-state index is 11.2. The highest BCUT2D eigenvalue weighted by atomic mass is 16.7. The quantitative estimate of drug-likeness (QED) is 0.529. The molecule has 2 aliphatic heterocycles. The molecule has 0 bridgehead atoms. The Bertz CT molecular complexity index is 400. The zero-order chi connectivity index (χ0) is 13.0. The number of rotatable bonds is 1. The van der Waals surface area contributed by atoms with Gasteiger partial charge in [-0.3, -0.25) is 4.79 Å². The Morgan fingerprint density at radius 2 is 1.83 bits per heavy atom. The highest BCUT2D eigenvalue weighted by Gasteiger charge is 2.47. The smallest absolute Gasteiger partial charge is 0.306 e. The van der Waals surface area contributed by atoms with Gasteiger partial charge in [-0.25, -0.2) is 0 Å². The highest BCUT2D eigenvalue weighted by molar-refractivity contribution is 5.73. The summed E-state index contributed by atoms with van der Waals surface area (Å²) in [5, 5.41) is 0. The molecule has 100 valence electrons. The fourth-order valence-corrected chi connectivity index (χ4v) is 2.80. The van der Waals surface area contributed by atoms with E-state index in [2.05, 4.69) is 19.9 Å². The number of ether oxygens (including phenoxy) is 3. The zero-order valence-electron chi connectivity index (χ0n) is 11.2. The van der Waals surface area contributed by atoms with E-state index in [-0.39, 0.29) is 23.4 Å². The molecule has 0 saturated carbocycles. The Kier molecular flexibility index (Phi) is 2.58. The minimum atomic E-state index is -0.633. The number of esters is 1.